The first kappa shape index (κ1) is 80.4. The van der Waals surface area contributed by atoms with Gasteiger partial charge < -0.3 is 55.3 Å². The Kier molecular flexibility index (Phi) is 33.5. The number of ether oxygens (including phenoxy) is 4. The van der Waals surface area contributed by atoms with E-state index in [4.69, 9.17) is 93.9 Å². The van der Waals surface area contributed by atoms with Crippen LogP contribution >= 0.6 is 81.4 Å². The molecule has 1 saturated heterocycles. The zero-order valence-corrected chi connectivity index (χ0v) is 57.9. The summed E-state index contributed by atoms with van der Waals surface area (Å²) in [5, 5.41) is 31.3. The van der Waals surface area contributed by atoms with Crippen LogP contribution in [0.3, 0.4) is 0 Å². The second kappa shape index (κ2) is 40.5. The number of rotatable bonds is 19. The molecule has 0 bridgehead atoms. The van der Waals surface area contributed by atoms with Gasteiger partial charge in [0.25, 0.3) is 17.7 Å². The van der Waals surface area contributed by atoms with E-state index < -0.39 is 35.6 Å². The van der Waals surface area contributed by atoms with Gasteiger partial charge in [-0.05, 0) is 165 Å². The van der Waals surface area contributed by atoms with Crippen LogP contribution in [0.25, 0.3) is 0 Å². The van der Waals surface area contributed by atoms with Gasteiger partial charge in [-0.2, -0.15) is 0 Å². The minimum absolute atomic E-state index is 0.0668. The number of carboxylic acids is 2. The molecule has 0 saturated carbocycles. The van der Waals surface area contributed by atoms with Crippen molar-refractivity contribution in [3.05, 3.63) is 257 Å². The van der Waals surface area contributed by atoms with Gasteiger partial charge >= 0.3 is 46.6 Å². The van der Waals surface area contributed by atoms with Crippen molar-refractivity contribution in [2.75, 3.05) is 39.2 Å². The second-order valence-corrected chi connectivity index (χ2v) is 24.9. The number of likely N-dealkylation sites (tertiary alicyclic amines) is 1. The fourth-order valence-corrected chi connectivity index (χ4v) is 10.5. The first-order chi connectivity index (χ1) is 46.1. The van der Waals surface area contributed by atoms with E-state index in [0.717, 1.165) is 34.1 Å². The standard InChI is InChI=1S/C28H33Cl2N3O5S.C16H13Cl2NO3.C15H11Cl2NO3.C9H8O4.CO/c1-5-11-37-26(35)33-17-22(39-27(36)38-28(2,3)4)14-21(33)16-31-20-8-6-7-19(13-20)25(34)32-15-18-9-10-23(29)24(30)12-18;1-22-16(21)12-4-2-3-11(8-12)15(20)19-9-10-5-6-13(17)14(18)7-10;16-12-5-4-9(6-13(12)17)8-18-14(19)10-2-1-3-11(7-10)15(20)21;1-13-9(12)7-4-2-3-6(5-7)8(10)11;1-2/h5-10,12-13,21-22,31H,1,11,14-17H2,2-4H3,(H,32,34);2-8H,9H2,1H3,(H,19,20);1-7H,8H2,(H,18,19)(H,20,21);2-5H,1H3,(H,10,11);/t21-,22?;;;;/m0..../s1. The maximum absolute atomic E-state index is 12.7. The Labute approximate surface area is 593 Å². The summed E-state index contributed by atoms with van der Waals surface area (Å²) < 4.78 is 27.3. The average molecular weight is 1470 g/mol. The molecule has 1 unspecified atom stereocenters. The van der Waals surface area contributed by atoms with Crippen LogP contribution in [0.5, 0.6) is 0 Å². The first-order valence-corrected chi connectivity index (χ1v) is 31.8. The Morgan fingerprint density at radius 2 is 0.928 bits per heavy atom. The van der Waals surface area contributed by atoms with Crippen molar-refractivity contribution in [2.45, 2.75) is 63.7 Å². The molecule has 28 heteroatoms. The number of benzene rings is 7. The molecule has 7 aromatic rings. The number of thioether (sulfide) groups is 1. The number of aromatic carboxylic acids is 2. The third-order valence-corrected chi connectivity index (χ3v) is 16.2. The van der Waals surface area contributed by atoms with E-state index >= 15 is 0 Å². The van der Waals surface area contributed by atoms with Crippen LogP contribution in [-0.4, -0.2) is 119 Å². The van der Waals surface area contributed by atoms with E-state index in [2.05, 4.69) is 44.0 Å². The number of hydrogen-bond donors (Lipinski definition) is 6. The molecule has 7 aromatic carbocycles. The molecule has 0 aromatic heterocycles. The van der Waals surface area contributed by atoms with Crippen molar-refractivity contribution in [2.24, 2.45) is 0 Å². The molecule has 1 fully saturated rings. The van der Waals surface area contributed by atoms with Crippen LogP contribution in [0.1, 0.15) is 116 Å². The molecule has 4 amide bonds. The van der Waals surface area contributed by atoms with Gasteiger partial charge in [-0.15, -0.1) is 0 Å². The van der Waals surface area contributed by atoms with Crippen molar-refractivity contribution in [3.8, 4) is 0 Å². The molecule has 6 N–H and O–H groups in total. The predicted octanol–water partition coefficient (Wildman–Crippen LogP) is 15.2. The van der Waals surface area contributed by atoms with Crippen molar-refractivity contribution in [1.29, 1.82) is 0 Å². The van der Waals surface area contributed by atoms with E-state index in [1.165, 1.54) is 68.8 Å². The van der Waals surface area contributed by atoms with Crippen LogP contribution in [-0.2, 0) is 43.2 Å². The van der Waals surface area contributed by atoms with Crippen molar-refractivity contribution in [3.63, 3.8) is 0 Å². The van der Waals surface area contributed by atoms with Crippen LogP contribution < -0.4 is 21.3 Å². The maximum atomic E-state index is 12.7. The zero-order chi connectivity index (χ0) is 71.9. The number of carbonyl (C=O) groups is 9. The Balaban J connectivity index is 0.000000294. The van der Waals surface area contributed by atoms with Crippen molar-refractivity contribution < 1.29 is 77.0 Å². The molecule has 0 aliphatic carbocycles. The number of carboxylic acid groups (broad SMARTS) is 2. The third-order valence-electron chi connectivity index (χ3n) is 13.0. The molecule has 21 nitrogen and oxygen atoms in total. The first-order valence-electron chi connectivity index (χ1n) is 28.7. The predicted molar refractivity (Wildman–Crippen MR) is 372 cm³/mol. The summed E-state index contributed by atoms with van der Waals surface area (Å²) in [6.45, 7) is 15.3. The van der Waals surface area contributed by atoms with Gasteiger partial charge in [0, 0.05) is 60.4 Å². The number of anilines is 1. The van der Waals surface area contributed by atoms with Crippen LogP contribution in [0.2, 0.25) is 30.1 Å². The van der Waals surface area contributed by atoms with Crippen molar-refractivity contribution in [1.82, 2.24) is 20.9 Å². The monoisotopic (exact) mass is 1460 g/mol. The normalized spacial score (nSPS) is 12.6. The fourth-order valence-electron chi connectivity index (χ4n) is 8.40. The Morgan fingerprint density at radius 3 is 1.31 bits per heavy atom. The number of nitrogens with one attached hydrogen (secondary N) is 4. The molecule has 2 atom stereocenters. The van der Waals surface area contributed by atoms with E-state index in [0.29, 0.717) is 79.4 Å². The van der Waals surface area contributed by atoms with Gasteiger partial charge in [-0.1, -0.05) is 125 Å². The van der Waals surface area contributed by atoms with E-state index in [-0.39, 0.29) is 69.7 Å². The quantitative estimate of drug-likeness (QED) is 0.0144. The van der Waals surface area contributed by atoms with Gasteiger partial charge in [0.1, 0.15) is 12.2 Å². The molecule has 0 radical (unpaired) electrons. The number of nitrogens with zero attached hydrogens (tertiary/aromatic N) is 1. The molecule has 1 heterocycles. The van der Waals surface area contributed by atoms with E-state index in [1.54, 1.807) is 102 Å². The molecular formula is C69H65Cl6N5O16S. The van der Waals surface area contributed by atoms with Gasteiger partial charge in [0.05, 0.1) is 72.7 Å². The number of amides is 4. The topological polar surface area (TPSA) is 302 Å². The van der Waals surface area contributed by atoms with E-state index in [1.807, 2.05) is 26.8 Å². The van der Waals surface area contributed by atoms with Crippen LogP contribution in [0.4, 0.5) is 15.3 Å². The Morgan fingerprint density at radius 1 is 0.557 bits per heavy atom. The number of methoxy groups -OCH3 is 2. The summed E-state index contributed by atoms with van der Waals surface area (Å²) in [6.07, 6.45) is 1.61. The van der Waals surface area contributed by atoms with E-state index in [9.17, 15) is 43.2 Å². The minimum atomic E-state index is -1.07. The molecule has 1 aliphatic rings. The second-order valence-electron chi connectivity index (χ2n) is 21.2. The number of esters is 2. The zero-order valence-electron chi connectivity index (χ0n) is 52.6. The molecule has 97 heavy (non-hydrogen) atoms. The summed E-state index contributed by atoms with van der Waals surface area (Å²) >= 11 is 36.6. The summed E-state index contributed by atoms with van der Waals surface area (Å²) in [6, 6.07) is 40.1. The van der Waals surface area contributed by atoms with Crippen LogP contribution in [0, 0.1) is 6.65 Å². The van der Waals surface area contributed by atoms with Crippen LogP contribution in [0.15, 0.2) is 164 Å². The summed E-state index contributed by atoms with van der Waals surface area (Å²) in [4.78, 5) is 107. The molecular weight excluding hydrogens is 1400 g/mol. The summed E-state index contributed by atoms with van der Waals surface area (Å²) in [7, 11) is 2.54. The number of halogens is 6. The molecule has 8 rings (SSSR count). The molecule has 1 aliphatic heterocycles. The number of hydrogen-bond acceptors (Lipinski definition) is 15. The van der Waals surface area contributed by atoms with Crippen molar-refractivity contribution >= 4 is 140 Å². The molecule has 0 spiro atoms. The van der Waals surface area contributed by atoms with Gasteiger partial charge in [0.2, 0.25) is 0 Å². The summed E-state index contributed by atoms with van der Waals surface area (Å²) in [5.41, 5.74) is 4.43. The SMILES string of the molecule is C=CCOC(=O)N1CC(SC(=O)OC(C)(C)C)C[C@H]1CNc1cccc(C(=O)NCc2ccc(Cl)c(Cl)c2)c1.COC(=O)c1cccc(C(=O)NCc2ccc(Cl)c(Cl)c2)c1.COC(=O)c1cccc(C(=O)O)c1.O=C(O)c1cccc(C(=O)NCc2ccc(Cl)c(Cl)c2)c1.[C-]#[O+]. The van der Waals surface area contributed by atoms with Gasteiger partial charge in [-0.25, -0.2) is 28.8 Å². The summed E-state index contributed by atoms with van der Waals surface area (Å²) in [5.74, 6) is -4.06. The fraction of sp³-hybridized carbons (Fsp3) is 0.217. The Bertz CT molecular complexity index is 3980. The molecule has 510 valence electrons. The van der Waals surface area contributed by atoms with Gasteiger partial charge in [-0.3, -0.25) is 14.4 Å². The average Bonchev–Trinajstić information content (AvgIpc) is 1.73. The third kappa shape index (κ3) is 27.5. The number of carbonyl (C=O) groups excluding carboxylic acids is 7. The van der Waals surface area contributed by atoms with Gasteiger partial charge in [0.15, 0.2) is 0 Å². The Hall–Kier alpha value is -9.06.